The quantitative estimate of drug-likeness (QED) is 0.0844. The number of H-pyrrole nitrogens is 1. The van der Waals surface area contributed by atoms with E-state index >= 15 is 0 Å². The maximum absolute atomic E-state index is 12.6. The maximum Gasteiger partial charge on any atom is 0.483 e. The molecule has 9 N–H and O–H groups in total. The van der Waals surface area contributed by atoms with Gasteiger partial charge in [-0.2, -0.15) is 4.31 Å². The van der Waals surface area contributed by atoms with Crippen molar-refractivity contribution in [1.82, 2.24) is 14.5 Å². The van der Waals surface area contributed by atoms with Gasteiger partial charge in [0, 0.05) is 41.7 Å². The molecule has 0 radical (unpaired) electrons. The summed E-state index contributed by atoms with van der Waals surface area (Å²) < 4.78 is 66.2. The van der Waals surface area contributed by atoms with E-state index in [-0.39, 0.29) is 28.8 Å². The molecule has 0 amide bonds. The Balaban J connectivity index is 1.37. The van der Waals surface area contributed by atoms with Crippen molar-refractivity contribution in [2.24, 2.45) is 4.99 Å². The van der Waals surface area contributed by atoms with E-state index < -0.39 is 103 Å². The number of nitrogens with one attached hydrogen (secondary N) is 1. The number of aryl methyl sites for hydroxylation is 2. The summed E-state index contributed by atoms with van der Waals surface area (Å²) in [6.07, 6.45) is -8.02. The summed E-state index contributed by atoms with van der Waals surface area (Å²) in [7, 11) is -16.0. The van der Waals surface area contributed by atoms with Crippen molar-refractivity contribution in [3.8, 4) is 5.75 Å². The Bertz CT molecular complexity index is 1850. The minimum Gasteiger partial charge on any atom is -0.505 e. The molecule has 26 heteroatoms. The van der Waals surface area contributed by atoms with Crippen LogP contribution in [0.5, 0.6) is 5.75 Å². The molecule has 2 aliphatic heterocycles. The lowest BCUT2D eigenvalue weighted by Gasteiger charge is -2.39. The van der Waals surface area contributed by atoms with Gasteiger partial charge in [-0.05, 0) is 20.8 Å². The summed E-state index contributed by atoms with van der Waals surface area (Å²) in [4.78, 5) is 72.0. The molecule has 0 bridgehead atoms. The molecular weight excluding hydrogens is 741 g/mol. The molecule has 0 spiro atoms. The molecule has 10 unspecified atom stereocenters. The highest BCUT2D eigenvalue weighted by molar-refractivity contribution is 7.61. The van der Waals surface area contributed by atoms with E-state index in [2.05, 4.69) is 28.3 Å². The number of phosphoric acid groups is 3. The third-order valence-corrected chi connectivity index (χ3v) is 10.5. The molecule has 10 atom stereocenters. The van der Waals surface area contributed by atoms with Crippen molar-refractivity contribution in [2.45, 2.75) is 82.9 Å². The number of hydrogen-bond acceptors (Lipinski definition) is 17. The van der Waals surface area contributed by atoms with Crippen LogP contribution in [0, 0.1) is 13.8 Å². The largest absolute Gasteiger partial charge is 0.505 e. The number of ether oxygens (including phenoxy) is 2. The lowest BCUT2D eigenvalue weighted by molar-refractivity contribution is -0.241. The molecule has 2 aliphatic rings. The number of rotatable bonds is 13. The molecule has 2 fully saturated rings. The molecule has 0 aliphatic carbocycles. The normalized spacial score (nSPS) is 30.0. The van der Waals surface area contributed by atoms with Crippen molar-refractivity contribution in [2.75, 3.05) is 6.61 Å². The lowest BCUT2D eigenvalue weighted by Crippen LogP contribution is -2.56. The molecule has 2 aromatic heterocycles. The highest BCUT2D eigenvalue weighted by Gasteiger charge is 2.48. The number of aliphatic imine (C=N–C) groups is 1. The van der Waals surface area contributed by atoms with Crippen LogP contribution in [0.2, 0.25) is 0 Å². The fourth-order valence-electron chi connectivity index (χ4n) is 4.84. The van der Waals surface area contributed by atoms with Crippen LogP contribution in [0.4, 0.5) is 0 Å². The molecule has 23 nitrogen and oxygen atoms in total. The molecule has 4 rings (SSSR count). The third kappa shape index (κ3) is 10.1. The van der Waals surface area contributed by atoms with Gasteiger partial charge in [-0.1, -0.05) is 0 Å². The third-order valence-electron chi connectivity index (χ3n) is 7.44. The number of aliphatic hydroxyl groups is 3. The van der Waals surface area contributed by atoms with Crippen molar-refractivity contribution in [3.05, 3.63) is 55.6 Å². The molecule has 280 valence electrons. The van der Waals surface area contributed by atoms with Crippen LogP contribution in [0.25, 0.3) is 0 Å². The number of phosphoric ester groups is 3. The van der Waals surface area contributed by atoms with Gasteiger partial charge in [0.2, 0.25) is 0 Å². The number of aromatic amines is 1. The van der Waals surface area contributed by atoms with Gasteiger partial charge in [0.25, 0.3) is 5.56 Å². The molecule has 4 heterocycles. The topological polar surface area (TPSA) is 349 Å². The van der Waals surface area contributed by atoms with E-state index in [9.17, 15) is 53.5 Å². The SMILES string of the molecule is Cc1ncc(COP(=O)(O)O)c(C=NC2C(C)OC(OP(=O)(O)OP(=O)(O)OCC3OC(n4cc(C)c(=O)[nH]c4=O)CC3O)C(O)C2O)c1O. The monoisotopic (exact) mass is 776 g/mol. The van der Waals surface area contributed by atoms with E-state index in [4.69, 9.17) is 23.8 Å². The van der Waals surface area contributed by atoms with Gasteiger partial charge in [0.15, 0.2) is 6.29 Å². The minimum absolute atomic E-state index is 0.0111. The van der Waals surface area contributed by atoms with Gasteiger partial charge >= 0.3 is 29.2 Å². The number of aromatic nitrogens is 3. The first-order valence-corrected chi connectivity index (χ1v) is 18.9. The Labute approximate surface area is 281 Å². The first-order chi connectivity index (χ1) is 23.1. The first kappa shape index (κ1) is 40.2. The second-order valence-corrected chi connectivity index (χ2v) is 15.4. The number of hydrogen-bond donors (Lipinski definition) is 9. The Hall–Kier alpha value is -2.53. The van der Waals surface area contributed by atoms with Gasteiger partial charge in [0.1, 0.15) is 36.3 Å². The number of aromatic hydroxyl groups is 1. The standard InChI is InChI=1S/C24H35N4O19P3/c1-10-7-28(24(34)27-22(10)33)17-4-15(29)16(45-17)9-43-49(38,39)47-50(40,41)46-23-21(32)20(31)18(12(3)44-23)26-6-14-13(8-42-48(35,36)37)5-25-11(2)19(14)30/h5-7,12,15-18,20-21,23,29-32H,4,8-9H2,1-3H3,(H,38,39)(H,40,41)(H,27,33,34)(H2,35,36,37). The van der Waals surface area contributed by atoms with Crippen LogP contribution in [0.1, 0.15) is 42.0 Å². The van der Waals surface area contributed by atoms with Crippen molar-refractivity contribution < 1.29 is 81.1 Å². The Kier molecular flexibility index (Phi) is 12.6. The van der Waals surface area contributed by atoms with E-state index in [1.54, 1.807) is 0 Å². The lowest BCUT2D eigenvalue weighted by atomic mass is 9.97. The van der Waals surface area contributed by atoms with Crippen LogP contribution < -0.4 is 11.2 Å². The summed E-state index contributed by atoms with van der Waals surface area (Å²) in [5.41, 5.74) is -1.33. The average Bonchev–Trinajstić information content (AvgIpc) is 3.36. The number of nitrogens with zero attached hydrogens (tertiary/aromatic N) is 3. The summed E-state index contributed by atoms with van der Waals surface area (Å²) in [5, 5.41) is 42.1. The minimum atomic E-state index is -5.62. The van der Waals surface area contributed by atoms with Crippen LogP contribution in [0.3, 0.4) is 0 Å². The summed E-state index contributed by atoms with van der Waals surface area (Å²) >= 11 is 0. The highest BCUT2D eigenvalue weighted by Crippen LogP contribution is 2.61. The fraction of sp³-hybridized carbons (Fsp3) is 0.583. The van der Waals surface area contributed by atoms with Crippen molar-refractivity contribution in [3.63, 3.8) is 0 Å². The Morgan fingerprint density at radius 2 is 1.74 bits per heavy atom. The van der Waals surface area contributed by atoms with Crippen LogP contribution in [0.15, 0.2) is 27.0 Å². The van der Waals surface area contributed by atoms with E-state index in [1.165, 1.54) is 27.0 Å². The van der Waals surface area contributed by atoms with Crippen molar-refractivity contribution in [1.29, 1.82) is 0 Å². The van der Waals surface area contributed by atoms with E-state index in [0.29, 0.717) is 0 Å². The second kappa shape index (κ2) is 15.6. The van der Waals surface area contributed by atoms with Crippen molar-refractivity contribution >= 4 is 29.7 Å². The zero-order valence-electron chi connectivity index (χ0n) is 26.2. The maximum atomic E-state index is 12.6. The summed E-state index contributed by atoms with van der Waals surface area (Å²) in [6, 6.07) is -1.34. The van der Waals surface area contributed by atoms with Gasteiger partial charge in [0.05, 0.1) is 31.1 Å². The molecule has 2 saturated heterocycles. The highest BCUT2D eigenvalue weighted by atomic mass is 31.3. The summed E-state index contributed by atoms with van der Waals surface area (Å²) in [6.45, 7) is 2.56. The predicted molar refractivity (Wildman–Crippen MR) is 164 cm³/mol. The van der Waals surface area contributed by atoms with Gasteiger partial charge in [-0.3, -0.25) is 37.9 Å². The fourth-order valence-corrected chi connectivity index (χ4v) is 7.31. The summed E-state index contributed by atoms with van der Waals surface area (Å²) in [5.74, 6) is -0.441. The smallest absolute Gasteiger partial charge is 0.483 e. The number of aliphatic hydroxyl groups excluding tert-OH is 3. The second-order valence-electron chi connectivity index (χ2n) is 11.2. The first-order valence-electron chi connectivity index (χ1n) is 14.3. The molecule has 0 aromatic carbocycles. The average molecular weight is 776 g/mol. The van der Waals surface area contributed by atoms with E-state index in [1.807, 2.05) is 0 Å². The molecule has 2 aromatic rings. The Morgan fingerprint density at radius 3 is 2.40 bits per heavy atom. The zero-order chi connectivity index (χ0) is 37.3. The molecule has 50 heavy (non-hydrogen) atoms. The van der Waals surface area contributed by atoms with Gasteiger partial charge in [-0.15, -0.1) is 0 Å². The van der Waals surface area contributed by atoms with Crippen LogP contribution >= 0.6 is 23.5 Å². The molecular formula is C24H35N4O19P3. The Morgan fingerprint density at radius 1 is 1.06 bits per heavy atom. The zero-order valence-corrected chi connectivity index (χ0v) is 28.9. The number of pyridine rings is 1. The molecule has 0 saturated carbocycles. The van der Waals surface area contributed by atoms with Gasteiger partial charge < -0.3 is 49.5 Å². The van der Waals surface area contributed by atoms with E-state index in [0.717, 1.165) is 17.0 Å². The van der Waals surface area contributed by atoms with Gasteiger partial charge in [-0.25, -0.2) is 18.5 Å². The van der Waals surface area contributed by atoms with Crippen LogP contribution in [-0.2, 0) is 47.7 Å². The predicted octanol–water partition coefficient (Wildman–Crippen LogP) is -1.28. The van der Waals surface area contributed by atoms with Crippen LogP contribution in [-0.4, -0.2) is 110 Å².